The van der Waals surface area contributed by atoms with E-state index in [2.05, 4.69) is 32.5 Å². The number of nitrogens with one attached hydrogen (secondary N) is 2. The van der Waals surface area contributed by atoms with Crippen LogP contribution in [0.4, 0.5) is 10.9 Å². The Morgan fingerprint density at radius 1 is 1.35 bits per heavy atom. The van der Waals surface area contributed by atoms with Crippen molar-refractivity contribution >= 4 is 39.3 Å². The summed E-state index contributed by atoms with van der Waals surface area (Å²) in [5.41, 5.74) is 0.895. The largest absolute Gasteiger partial charge is 0.442 e. The van der Waals surface area contributed by atoms with Gasteiger partial charge >= 0.3 is 0 Å². The fourth-order valence-corrected chi connectivity index (χ4v) is 2.98. The molecule has 1 saturated carbocycles. The van der Waals surface area contributed by atoms with Crippen LogP contribution in [0.15, 0.2) is 22.3 Å². The first kappa shape index (κ1) is 14.1. The molecule has 0 atom stereocenters. The zero-order valence-corrected chi connectivity index (χ0v) is 13.5. The molecule has 0 saturated heterocycles. The molecule has 1 aliphatic rings. The number of nitrogens with zero attached hydrogens (tertiary/aromatic N) is 3. The lowest BCUT2D eigenvalue weighted by Gasteiger charge is -2.13. The second-order valence-corrected chi connectivity index (χ2v) is 6.81. The second-order valence-electron chi connectivity index (χ2n) is 5.91. The minimum Gasteiger partial charge on any atom is -0.442 e. The number of thiazole rings is 1. The zero-order valence-electron chi connectivity index (χ0n) is 12.7. The van der Waals surface area contributed by atoms with E-state index < -0.39 is 0 Å². The summed E-state index contributed by atoms with van der Waals surface area (Å²) in [7, 11) is 0. The van der Waals surface area contributed by atoms with E-state index in [1.807, 2.05) is 0 Å². The molecule has 23 heavy (non-hydrogen) atoms. The monoisotopic (exact) mass is 329 g/mol. The molecule has 4 rings (SSSR count). The normalized spacial score (nSPS) is 15.6. The van der Waals surface area contributed by atoms with E-state index >= 15 is 0 Å². The molecule has 0 radical (unpaired) electrons. The molecular formula is C15H15N5O2S. The third-order valence-electron chi connectivity index (χ3n) is 3.96. The van der Waals surface area contributed by atoms with E-state index in [9.17, 15) is 4.79 Å². The van der Waals surface area contributed by atoms with Crippen molar-refractivity contribution in [3.8, 4) is 0 Å². The predicted octanol–water partition coefficient (Wildman–Crippen LogP) is 3.20. The van der Waals surface area contributed by atoms with Gasteiger partial charge in [-0.2, -0.15) is 0 Å². The molecule has 0 spiro atoms. The lowest BCUT2D eigenvalue weighted by molar-refractivity contribution is 0.102. The van der Waals surface area contributed by atoms with Crippen molar-refractivity contribution in [2.24, 2.45) is 0 Å². The molecule has 0 unspecified atom stereocenters. The fraction of sp³-hybridized carbons (Fsp3) is 0.333. The molecule has 3 heterocycles. The summed E-state index contributed by atoms with van der Waals surface area (Å²) in [6, 6.07) is 0. The smallest absolute Gasteiger partial charge is 0.261 e. The fourth-order valence-electron chi connectivity index (χ4n) is 2.46. The maximum Gasteiger partial charge on any atom is 0.261 e. The van der Waals surface area contributed by atoms with E-state index in [-0.39, 0.29) is 11.4 Å². The van der Waals surface area contributed by atoms with Crippen LogP contribution in [0.1, 0.15) is 35.9 Å². The molecule has 7 nitrogen and oxygen atoms in total. The summed E-state index contributed by atoms with van der Waals surface area (Å²) >= 11 is 1.36. The second kappa shape index (κ2) is 5.02. The number of hydrogen-bond donors (Lipinski definition) is 2. The molecule has 1 fully saturated rings. The average Bonchev–Trinajstić information content (AvgIpc) is 2.91. The first-order chi connectivity index (χ1) is 11.1. The highest BCUT2D eigenvalue weighted by atomic mass is 32.1. The standard InChI is InChI=1S/C15H15N5O2S/c1-8-9(12(21)19-14-16-5-6-23-14)10-11(20-15(2)3-4-15)17-7-18-13(10)22-8/h5-7H,3-4H2,1-2H3,(H,16,19,21)(H,17,18,20). The van der Waals surface area contributed by atoms with Gasteiger partial charge in [-0.05, 0) is 26.7 Å². The van der Waals surface area contributed by atoms with Gasteiger partial charge in [0.05, 0.1) is 10.9 Å². The summed E-state index contributed by atoms with van der Waals surface area (Å²) in [5.74, 6) is 0.879. The van der Waals surface area contributed by atoms with E-state index in [0.717, 1.165) is 12.8 Å². The predicted molar refractivity (Wildman–Crippen MR) is 87.9 cm³/mol. The highest BCUT2D eigenvalue weighted by molar-refractivity contribution is 7.13. The summed E-state index contributed by atoms with van der Waals surface area (Å²) in [5, 5.41) is 9.16. The van der Waals surface area contributed by atoms with Crippen LogP contribution < -0.4 is 10.6 Å². The van der Waals surface area contributed by atoms with Gasteiger partial charge in [-0.3, -0.25) is 10.1 Å². The number of aromatic nitrogens is 3. The Bertz CT molecular complexity index is 883. The van der Waals surface area contributed by atoms with Crippen LogP contribution in [0.25, 0.3) is 11.1 Å². The molecule has 3 aromatic heterocycles. The van der Waals surface area contributed by atoms with Crippen LogP contribution >= 0.6 is 11.3 Å². The summed E-state index contributed by atoms with van der Waals surface area (Å²) in [6.45, 7) is 3.88. The zero-order chi connectivity index (χ0) is 16.0. The quantitative estimate of drug-likeness (QED) is 0.763. The molecule has 1 amide bonds. The molecule has 3 aromatic rings. The Morgan fingerprint density at radius 2 is 2.17 bits per heavy atom. The van der Waals surface area contributed by atoms with E-state index in [1.165, 1.54) is 17.7 Å². The molecule has 1 aliphatic carbocycles. The van der Waals surface area contributed by atoms with Crippen LogP contribution in [0.2, 0.25) is 0 Å². The molecule has 0 aromatic carbocycles. The van der Waals surface area contributed by atoms with Gasteiger partial charge in [-0.1, -0.05) is 0 Å². The maximum absolute atomic E-state index is 12.7. The number of carbonyl (C=O) groups excluding carboxylic acids is 1. The Labute approximate surface area is 136 Å². The molecule has 0 aliphatic heterocycles. The number of fused-ring (bicyclic) bond motifs is 1. The van der Waals surface area contributed by atoms with Gasteiger partial charge in [0.2, 0.25) is 5.71 Å². The summed E-state index contributed by atoms with van der Waals surface area (Å²) in [6.07, 6.45) is 5.25. The van der Waals surface area contributed by atoms with Crippen molar-refractivity contribution in [2.75, 3.05) is 10.6 Å². The average molecular weight is 329 g/mol. The Balaban J connectivity index is 1.78. The highest BCUT2D eigenvalue weighted by Crippen LogP contribution is 2.40. The number of carbonyl (C=O) groups is 1. The van der Waals surface area contributed by atoms with Gasteiger partial charge in [0, 0.05) is 17.1 Å². The Morgan fingerprint density at radius 3 is 2.87 bits per heavy atom. The van der Waals surface area contributed by atoms with Crippen molar-refractivity contribution in [3.05, 3.63) is 29.2 Å². The molecule has 0 bridgehead atoms. The van der Waals surface area contributed by atoms with Crippen LogP contribution in [0.5, 0.6) is 0 Å². The van der Waals surface area contributed by atoms with Gasteiger partial charge in [0.25, 0.3) is 5.91 Å². The first-order valence-electron chi connectivity index (χ1n) is 7.29. The number of furan rings is 1. The SMILES string of the molecule is Cc1oc2ncnc(NC3(C)CC3)c2c1C(=O)Nc1nccs1. The van der Waals surface area contributed by atoms with Gasteiger partial charge in [-0.25, -0.2) is 15.0 Å². The maximum atomic E-state index is 12.7. The topological polar surface area (TPSA) is 92.9 Å². The first-order valence-corrected chi connectivity index (χ1v) is 8.17. The lowest BCUT2D eigenvalue weighted by atomic mass is 10.1. The lowest BCUT2D eigenvalue weighted by Crippen LogP contribution is -2.18. The summed E-state index contributed by atoms with van der Waals surface area (Å²) in [4.78, 5) is 25.2. The van der Waals surface area contributed by atoms with Crippen molar-refractivity contribution in [3.63, 3.8) is 0 Å². The van der Waals surface area contributed by atoms with E-state index in [4.69, 9.17) is 4.42 Å². The van der Waals surface area contributed by atoms with Crippen LogP contribution in [-0.2, 0) is 0 Å². The van der Waals surface area contributed by atoms with Crippen LogP contribution in [0, 0.1) is 6.92 Å². The van der Waals surface area contributed by atoms with E-state index in [0.29, 0.717) is 33.4 Å². The van der Waals surface area contributed by atoms with Gasteiger partial charge < -0.3 is 9.73 Å². The third kappa shape index (κ3) is 2.55. The van der Waals surface area contributed by atoms with Crippen molar-refractivity contribution in [1.29, 1.82) is 0 Å². The van der Waals surface area contributed by atoms with Gasteiger partial charge in [0.1, 0.15) is 17.9 Å². The highest BCUT2D eigenvalue weighted by Gasteiger charge is 2.38. The van der Waals surface area contributed by atoms with Gasteiger partial charge in [-0.15, -0.1) is 11.3 Å². The Hall–Kier alpha value is -2.48. The molecule has 8 heteroatoms. The number of anilines is 2. The third-order valence-corrected chi connectivity index (χ3v) is 4.65. The minimum absolute atomic E-state index is 0.0372. The number of amides is 1. The van der Waals surface area contributed by atoms with Crippen LogP contribution in [0.3, 0.4) is 0 Å². The van der Waals surface area contributed by atoms with Gasteiger partial charge in [0.15, 0.2) is 5.13 Å². The van der Waals surface area contributed by atoms with E-state index in [1.54, 1.807) is 18.5 Å². The Kier molecular flexibility index (Phi) is 3.08. The number of rotatable bonds is 4. The van der Waals surface area contributed by atoms with Crippen molar-refractivity contribution in [2.45, 2.75) is 32.2 Å². The molecule has 118 valence electrons. The number of hydrogen-bond acceptors (Lipinski definition) is 7. The molecule has 2 N–H and O–H groups in total. The van der Waals surface area contributed by atoms with Crippen LogP contribution in [-0.4, -0.2) is 26.4 Å². The minimum atomic E-state index is -0.269. The summed E-state index contributed by atoms with van der Waals surface area (Å²) < 4.78 is 5.65. The number of aryl methyl sites for hydroxylation is 1. The van der Waals surface area contributed by atoms with Crippen molar-refractivity contribution < 1.29 is 9.21 Å². The van der Waals surface area contributed by atoms with Crippen molar-refractivity contribution in [1.82, 2.24) is 15.0 Å². The molecular weight excluding hydrogens is 314 g/mol.